The summed E-state index contributed by atoms with van der Waals surface area (Å²) in [5.41, 5.74) is 21.4. The molecule has 1 amide bonds. The predicted octanol–water partition coefficient (Wildman–Crippen LogP) is 5.84. The molecule has 13 nitrogen and oxygen atoms in total. The van der Waals surface area contributed by atoms with Crippen LogP contribution in [0.5, 0.6) is 0 Å². The Hall–Kier alpha value is -4.86. The zero-order valence-corrected chi connectivity index (χ0v) is 33.2. The molecule has 5 rings (SSSR count). The highest BCUT2D eigenvalue weighted by Crippen LogP contribution is 2.46. The van der Waals surface area contributed by atoms with Crippen molar-refractivity contribution >= 4 is 41.1 Å². The number of carbonyl (C=O) groups excluding carboxylic acids is 1. The number of aromatic nitrogens is 1. The fourth-order valence-corrected chi connectivity index (χ4v) is 7.41. The Labute approximate surface area is 324 Å². The number of hydrogen-bond acceptors (Lipinski definition) is 11. The van der Waals surface area contributed by atoms with Crippen molar-refractivity contribution in [3.63, 3.8) is 0 Å². The highest BCUT2D eigenvalue weighted by molar-refractivity contribution is 7.09. The molecule has 54 heavy (non-hydrogen) atoms. The van der Waals surface area contributed by atoms with E-state index in [-0.39, 0.29) is 25.7 Å². The van der Waals surface area contributed by atoms with Crippen molar-refractivity contribution in [1.29, 1.82) is 0 Å². The van der Waals surface area contributed by atoms with E-state index >= 15 is 0 Å². The monoisotopic (exact) mass is 758 g/mol. The van der Waals surface area contributed by atoms with Crippen LogP contribution in [0, 0.1) is 32.1 Å². The van der Waals surface area contributed by atoms with Crippen molar-refractivity contribution in [2.24, 2.45) is 22.2 Å². The van der Waals surface area contributed by atoms with Crippen LogP contribution in [-0.2, 0) is 29.1 Å². The lowest BCUT2D eigenvalue weighted by molar-refractivity contribution is -0.128. The summed E-state index contributed by atoms with van der Waals surface area (Å²) < 4.78 is 0. The molecule has 9 N–H and O–H groups in total. The average Bonchev–Trinajstić information content (AvgIpc) is 3.84. The van der Waals surface area contributed by atoms with E-state index in [4.69, 9.17) is 15.7 Å². The van der Waals surface area contributed by atoms with Gasteiger partial charge in [-0.15, -0.1) is 16.9 Å². The number of guanidine groups is 1. The predicted molar refractivity (Wildman–Crippen MR) is 221 cm³/mol. The zero-order chi connectivity index (χ0) is 39.3. The number of aryl methyl sites for hydroxylation is 2. The number of nitrogens with two attached hydrogens (primary N) is 1. The molecule has 14 heteroatoms. The third-order valence-electron chi connectivity index (χ3n) is 10.1. The van der Waals surface area contributed by atoms with Gasteiger partial charge >= 0.3 is 0 Å². The van der Waals surface area contributed by atoms with Gasteiger partial charge in [0.1, 0.15) is 5.01 Å². The topological polar surface area (TPSA) is 181 Å². The third kappa shape index (κ3) is 10.4. The first-order valence-electron chi connectivity index (χ1n) is 18.3. The summed E-state index contributed by atoms with van der Waals surface area (Å²) in [4.78, 5) is 31.6. The highest BCUT2D eigenvalue weighted by atomic mass is 32.1. The second-order valence-corrected chi connectivity index (χ2v) is 14.9. The first kappa shape index (κ1) is 41.9. The molecule has 0 saturated carbocycles. The van der Waals surface area contributed by atoms with Gasteiger partial charge in [-0.2, -0.15) is 5.53 Å². The van der Waals surface area contributed by atoms with Crippen LogP contribution in [0.4, 0.5) is 11.4 Å². The van der Waals surface area contributed by atoms with E-state index in [1.165, 1.54) is 33.6 Å². The van der Waals surface area contributed by atoms with E-state index < -0.39 is 5.41 Å². The molecule has 0 spiro atoms. The summed E-state index contributed by atoms with van der Waals surface area (Å²) in [5, 5.41) is 18.5. The third-order valence-corrected chi connectivity index (χ3v) is 10.9. The van der Waals surface area contributed by atoms with Crippen LogP contribution < -0.4 is 43.4 Å². The minimum atomic E-state index is -0.922. The standard InChI is InChI=1S/C39H54N10OS.CH2O2.H2/c1-8-28(20-29-13-11-10-12-25(29)3)22-41-23-31-21-30(15-14-26(31)4)35(32-16-17-33-36(27(32)5)45-48-49(33)9-2)39(6,7)37(50)44-38(46-47-40)43-24-34-42-18-19-51-34;2-1-3;/h10-19,21,28,35,41,45,47-48H,8-9,20,22-24,40H2,1-7H3,(H2,43,44,46,50);1H,(H,2,3);1H/t28-,35-;;/m0../s1. The van der Waals surface area contributed by atoms with Crippen LogP contribution in [-0.4, -0.2) is 41.5 Å². The Bertz CT molecular complexity index is 1870. The Morgan fingerprint density at radius 1 is 1.11 bits per heavy atom. The number of hydrazine groups is 4. The Kier molecular flexibility index (Phi) is 15.5. The van der Waals surface area contributed by atoms with Crippen LogP contribution in [0.25, 0.3) is 0 Å². The fourth-order valence-electron chi connectivity index (χ4n) is 6.87. The van der Waals surface area contributed by atoms with E-state index in [0.717, 1.165) is 65.5 Å². The number of nitrogens with zero attached hydrogens (tertiary/aromatic N) is 3. The number of aliphatic imine (C=N–C) groups is 1. The van der Waals surface area contributed by atoms with Gasteiger partial charge in [-0.1, -0.05) is 75.7 Å². The minimum Gasteiger partial charge on any atom is -0.483 e. The Morgan fingerprint density at radius 3 is 2.52 bits per heavy atom. The SMILES string of the molecule is CC[C@H](CNCc1cc([C@@H](c2ccc3c(c2C)NNN3CC)C(C)(C)C(=O)NC(=NCc2nccs2)NNN)ccc1C)Cc1ccccc1C.O=CO.[HH]. The van der Waals surface area contributed by atoms with Crippen LogP contribution in [0.1, 0.15) is 85.4 Å². The van der Waals surface area contributed by atoms with Gasteiger partial charge in [0, 0.05) is 32.0 Å². The molecule has 0 unspecified atom stereocenters. The molecule has 2 heterocycles. The highest BCUT2D eigenvalue weighted by Gasteiger charge is 2.41. The summed E-state index contributed by atoms with van der Waals surface area (Å²) in [6.07, 6.45) is 3.89. The molecule has 0 radical (unpaired) electrons. The van der Waals surface area contributed by atoms with Gasteiger partial charge in [-0.05, 0) is 91.6 Å². The van der Waals surface area contributed by atoms with Crippen LogP contribution >= 0.6 is 11.3 Å². The molecule has 0 bridgehead atoms. The smallest absolute Gasteiger partial charge is 0.290 e. The summed E-state index contributed by atoms with van der Waals surface area (Å²) in [6, 6.07) is 19.6. The average molecular weight is 759 g/mol. The van der Waals surface area contributed by atoms with E-state index in [1.807, 2.05) is 19.2 Å². The van der Waals surface area contributed by atoms with Crippen molar-refractivity contribution in [3.05, 3.63) is 110 Å². The zero-order valence-electron chi connectivity index (χ0n) is 32.4. The fraction of sp³-hybridized carbons (Fsp3) is 0.400. The lowest BCUT2D eigenvalue weighted by Crippen LogP contribution is -2.53. The molecule has 0 fully saturated rings. The maximum atomic E-state index is 14.4. The number of carbonyl (C=O) groups is 2. The molecule has 2 atom stereocenters. The van der Waals surface area contributed by atoms with Gasteiger partial charge in [-0.25, -0.2) is 9.98 Å². The van der Waals surface area contributed by atoms with Gasteiger partial charge in [0.15, 0.2) is 0 Å². The van der Waals surface area contributed by atoms with Crippen molar-refractivity contribution in [2.45, 2.75) is 80.3 Å². The first-order valence-corrected chi connectivity index (χ1v) is 19.2. The number of rotatable bonds is 15. The molecule has 1 aliphatic heterocycles. The molecule has 0 aliphatic carbocycles. The molecule has 1 aliphatic rings. The molecular formula is C40H58N10O3S. The van der Waals surface area contributed by atoms with Crippen molar-refractivity contribution in [1.82, 2.24) is 32.1 Å². The van der Waals surface area contributed by atoms with E-state index in [0.29, 0.717) is 12.5 Å². The van der Waals surface area contributed by atoms with E-state index in [2.05, 4.69) is 137 Å². The molecule has 4 aromatic rings. The first-order chi connectivity index (χ1) is 26.0. The van der Waals surface area contributed by atoms with Crippen molar-refractivity contribution in [2.75, 3.05) is 23.5 Å². The number of fused-ring (bicyclic) bond motifs is 1. The van der Waals surface area contributed by atoms with Crippen molar-refractivity contribution < 1.29 is 16.1 Å². The van der Waals surface area contributed by atoms with Gasteiger partial charge in [-0.3, -0.25) is 31.2 Å². The number of nitrogens with one attached hydrogen (secondary N) is 6. The quantitative estimate of drug-likeness (QED) is 0.0240. The van der Waals surface area contributed by atoms with Crippen LogP contribution in [0.2, 0.25) is 0 Å². The Balaban J connectivity index is 0.00000196. The second-order valence-electron chi connectivity index (χ2n) is 14.0. The van der Waals surface area contributed by atoms with Gasteiger partial charge < -0.3 is 15.8 Å². The van der Waals surface area contributed by atoms with Gasteiger partial charge in [0.25, 0.3) is 6.47 Å². The van der Waals surface area contributed by atoms with Crippen LogP contribution in [0.15, 0.2) is 71.2 Å². The lowest BCUT2D eigenvalue weighted by Gasteiger charge is -2.36. The molecule has 1 aromatic heterocycles. The van der Waals surface area contributed by atoms with Crippen molar-refractivity contribution in [3.8, 4) is 0 Å². The summed E-state index contributed by atoms with van der Waals surface area (Å²) >= 11 is 1.50. The molecule has 292 valence electrons. The van der Waals surface area contributed by atoms with Crippen LogP contribution in [0.3, 0.4) is 0 Å². The summed E-state index contributed by atoms with van der Waals surface area (Å²) in [7, 11) is 0. The minimum absolute atomic E-state index is 0. The van der Waals surface area contributed by atoms with Gasteiger partial charge in [0.05, 0.1) is 23.3 Å². The lowest BCUT2D eigenvalue weighted by atomic mass is 9.69. The number of anilines is 2. The van der Waals surface area contributed by atoms with Gasteiger partial charge in [0.2, 0.25) is 11.9 Å². The molecule has 3 aromatic carbocycles. The maximum absolute atomic E-state index is 14.4. The number of thiazole rings is 1. The number of carboxylic acid groups (broad SMARTS) is 1. The number of benzene rings is 3. The largest absolute Gasteiger partial charge is 0.483 e. The molecular weight excluding hydrogens is 701 g/mol. The second kappa shape index (κ2) is 20.0. The Morgan fingerprint density at radius 2 is 1.85 bits per heavy atom. The summed E-state index contributed by atoms with van der Waals surface area (Å²) in [5.74, 6) is 5.88. The summed E-state index contributed by atoms with van der Waals surface area (Å²) in [6.45, 7) is 17.4. The normalized spacial score (nSPS) is 13.6. The van der Waals surface area contributed by atoms with E-state index in [9.17, 15) is 4.79 Å². The maximum Gasteiger partial charge on any atom is 0.290 e. The molecule has 0 saturated heterocycles. The van der Waals surface area contributed by atoms with E-state index in [1.54, 1.807) is 6.20 Å². The number of amides is 1. The number of hydrogen-bond donors (Lipinski definition) is 8.